The fourth-order valence-electron chi connectivity index (χ4n) is 5.49. The number of amides is 2. The predicted octanol–water partition coefficient (Wildman–Crippen LogP) is 4.55. The van der Waals surface area contributed by atoms with Gasteiger partial charge in [-0.15, -0.1) is 5.06 Å². The van der Waals surface area contributed by atoms with Crippen LogP contribution in [0.25, 0.3) is 0 Å². The van der Waals surface area contributed by atoms with Crippen molar-refractivity contribution in [3.63, 3.8) is 0 Å². The van der Waals surface area contributed by atoms with E-state index in [4.69, 9.17) is 14.0 Å². The third-order valence-electron chi connectivity index (χ3n) is 7.29. The smallest absolute Gasteiger partial charge is 0.361 e. The van der Waals surface area contributed by atoms with Crippen molar-refractivity contribution in [1.82, 2.24) is 9.96 Å². The number of carbonyl (C=O) groups is 1. The van der Waals surface area contributed by atoms with Gasteiger partial charge in [-0.3, -0.25) is 0 Å². The Morgan fingerprint density at radius 1 is 0.930 bits per heavy atom. The van der Waals surface area contributed by atoms with Crippen LogP contribution in [0.15, 0.2) is 115 Å². The van der Waals surface area contributed by atoms with E-state index in [1.807, 2.05) is 0 Å². The van der Waals surface area contributed by atoms with E-state index in [9.17, 15) is 13.6 Å². The molecule has 1 saturated heterocycles. The van der Waals surface area contributed by atoms with E-state index in [2.05, 4.69) is 114 Å². The molecule has 3 aromatic carbocycles. The molecule has 0 radical (unpaired) electrons. The van der Waals surface area contributed by atoms with E-state index in [1.165, 1.54) is 27.9 Å². The molecule has 2 bridgehead atoms. The number of urea groups is 1. The molecule has 0 aromatic heterocycles. The van der Waals surface area contributed by atoms with Gasteiger partial charge >= 0.3 is 16.8 Å². The Labute approximate surface area is 255 Å². The minimum absolute atomic E-state index is 0.277. The fourth-order valence-corrected chi connectivity index (χ4v) is 9.66. The summed E-state index contributed by atoms with van der Waals surface area (Å²) in [6, 6.07) is 31.1. The van der Waals surface area contributed by atoms with Crippen LogP contribution in [0.5, 0.6) is 0 Å². The number of benzene rings is 3. The first-order valence-electron chi connectivity index (χ1n) is 13.9. The number of allylic oxidation sites excluding steroid dienone is 1. The Hall–Kier alpha value is -3.21. The zero-order chi connectivity index (χ0) is 30.9. The molecule has 2 amide bonds. The van der Waals surface area contributed by atoms with Crippen LogP contribution in [0, 0.1) is 0 Å². The van der Waals surface area contributed by atoms with Gasteiger partial charge in [0.05, 0.1) is 25.0 Å². The van der Waals surface area contributed by atoms with E-state index in [0.29, 0.717) is 18.1 Å². The fraction of sp³-hybridized carbons (Fsp3) is 0.281. The molecular formula is C32H38N2O7PS+. The maximum Gasteiger partial charge on any atom is 0.361 e. The largest absolute Gasteiger partial charge is 0.554 e. The molecule has 228 valence electrons. The molecule has 43 heavy (non-hydrogen) atoms. The molecule has 2 aliphatic heterocycles. The van der Waals surface area contributed by atoms with Crippen LogP contribution in [-0.4, -0.2) is 71.2 Å². The summed E-state index contributed by atoms with van der Waals surface area (Å²) in [5, 5.41) is 4.85. The average molecular weight is 626 g/mol. The first kappa shape index (κ1) is 32.7. The molecule has 0 aliphatic carbocycles. The lowest BCUT2D eigenvalue weighted by atomic mass is 9.97. The molecule has 2 aliphatic rings. The van der Waals surface area contributed by atoms with E-state index < -0.39 is 30.1 Å². The Kier molecular flexibility index (Phi) is 11.4. The first-order valence-corrected chi connectivity index (χ1v) is 17.1. The molecule has 1 fully saturated rings. The number of hydrogen-bond donors (Lipinski definition) is 1. The molecule has 9 nitrogen and oxygen atoms in total. The average Bonchev–Trinajstić information content (AvgIpc) is 3.26. The van der Waals surface area contributed by atoms with Crippen LogP contribution in [0.1, 0.15) is 13.3 Å². The third-order valence-corrected chi connectivity index (χ3v) is 11.7. The molecule has 11 heteroatoms. The SMILES string of the molecule is C/C=C/[P+](c1ccccc1)(c1ccccc1)c1ccccc1.COCCC1=C[C@@H]2CN(C(=O)N2O[S+](=O)([O-])O)[C@@H]1COC. The summed E-state index contributed by atoms with van der Waals surface area (Å²) in [6.45, 7) is 3.15. The highest BCUT2D eigenvalue weighted by molar-refractivity contribution is 7.98. The number of hydrogen-bond acceptors (Lipinski definition) is 6. The molecule has 3 atom stereocenters. The van der Waals surface area contributed by atoms with E-state index in [-0.39, 0.29) is 19.2 Å². The number of ether oxygens (including phenoxy) is 2. The molecule has 5 rings (SSSR count). The lowest BCUT2D eigenvalue weighted by Gasteiger charge is -2.31. The summed E-state index contributed by atoms with van der Waals surface area (Å²) in [6.07, 6.45) is 4.54. The molecular weight excluding hydrogens is 587 g/mol. The minimum Gasteiger partial charge on any atom is -0.554 e. The summed E-state index contributed by atoms with van der Waals surface area (Å²) >= 11 is 0. The Balaban J connectivity index is 0.000000197. The van der Waals surface area contributed by atoms with E-state index in [0.717, 1.165) is 5.57 Å². The second kappa shape index (κ2) is 15.0. The molecule has 0 saturated carbocycles. The van der Waals surface area contributed by atoms with Gasteiger partial charge in [-0.1, -0.05) is 66.7 Å². The van der Waals surface area contributed by atoms with Crippen LogP contribution >= 0.6 is 7.26 Å². The monoisotopic (exact) mass is 625 g/mol. The highest BCUT2D eigenvalue weighted by Gasteiger charge is 2.48. The van der Waals surface area contributed by atoms with Crippen molar-refractivity contribution in [2.45, 2.75) is 25.4 Å². The number of carbonyl (C=O) groups excluding carboxylic acids is 1. The summed E-state index contributed by atoms with van der Waals surface area (Å²) in [5.74, 6) is 2.41. The Bertz CT molecular complexity index is 1340. The van der Waals surface area contributed by atoms with Crippen LogP contribution in [-0.2, 0) is 28.7 Å². The maximum atomic E-state index is 12.2. The number of rotatable bonds is 11. The van der Waals surface area contributed by atoms with Crippen molar-refractivity contribution >= 4 is 40.0 Å². The molecule has 2 heterocycles. The zero-order valence-corrected chi connectivity index (χ0v) is 26.2. The summed E-state index contributed by atoms with van der Waals surface area (Å²) in [5.41, 5.74) is 0.907. The normalized spacial score (nSPS) is 19.6. The highest BCUT2D eigenvalue weighted by atomic mass is 32.3. The van der Waals surface area contributed by atoms with Gasteiger partial charge in [-0.25, -0.2) is 4.79 Å². The number of nitrogens with zero attached hydrogens (tertiary/aromatic N) is 2. The molecule has 1 unspecified atom stereocenters. The van der Waals surface area contributed by atoms with Gasteiger partial charge in [0.15, 0.2) is 0 Å². The second-order valence-electron chi connectivity index (χ2n) is 10.00. The van der Waals surface area contributed by atoms with Gasteiger partial charge in [0.1, 0.15) is 29.2 Å². The standard InChI is InChI=1S/C21H20P.C11H18N2O7S/c1-2-18-22(19-12-6-3-7-13-19,20-14-8-4-9-15-20)21-16-10-5-11-17-21;1-18-4-3-8-5-9-6-12(10(8)7-19-2)11(14)13(9)20-21(15,16)17/h2-18H,1H3;5,9-10H,3-4,6-7H2,1-2H3,(H-,15,16,17)/q+1;/b18-2+;/t;9-,10-/m.1/s1. The van der Waals surface area contributed by atoms with Gasteiger partial charge < -0.3 is 18.9 Å². The summed E-state index contributed by atoms with van der Waals surface area (Å²) < 4.78 is 45.0. The summed E-state index contributed by atoms with van der Waals surface area (Å²) in [7, 11) is -3.39. The second-order valence-corrected chi connectivity index (χ2v) is 14.3. The zero-order valence-electron chi connectivity index (χ0n) is 24.5. The molecule has 0 spiro atoms. The number of methoxy groups -OCH3 is 2. The van der Waals surface area contributed by atoms with Gasteiger partial charge in [0, 0.05) is 20.8 Å². The predicted molar refractivity (Wildman–Crippen MR) is 170 cm³/mol. The van der Waals surface area contributed by atoms with Gasteiger partial charge in [0.2, 0.25) is 0 Å². The third kappa shape index (κ3) is 7.66. The van der Waals surface area contributed by atoms with Crippen molar-refractivity contribution < 1.29 is 31.9 Å². The van der Waals surface area contributed by atoms with Crippen LogP contribution in [0.2, 0.25) is 0 Å². The lowest BCUT2D eigenvalue weighted by Crippen LogP contribution is -2.43. The Morgan fingerprint density at radius 2 is 1.44 bits per heavy atom. The van der Waals surface area contributed by atoms with Crippen molar-refractivity contribution in [3.05, 3.63) is 115 Å². The van der Waals surface area contributed by atoms with Gasteiger partial charge in [-0.2, -0.15) is 4.55 Å². The van der Waals surface area contributed by atoms with Crippen molar-refractivity contribution in [2.24, 2.45) is 0 Å². The van der Waals surface area contributed by atoms with Gasteiger partial charge in [0.25, 0.3) is 0 Å². The maximum absolute atomic E-state index is 12.2. The van der Waals surface area contributed by atoms with Crippen LogP contribution < -0.4 is 15.9 Å². The molecule has 1 N–H and O–H groups in total. The van der Waals surface area contributed by atoms with Crippen LogP contribution in [0.4, 0.5) is 4.79 Å². The van der Waals surface area contributed by atoms with Gasteiger partial charge in [-0.05, 0) is 63.8 Å². The lowest BCUT2D eigenvalue weighted by molar-refractivity contribution is -0.0320. The number of hydroxylamine groups is 2. The van der Waals surface area contributed by atoms with Crippen molar-refractivity contribution in [3.8, 4) is 0 Å². The highest BCUT2D eigenvalue weighted by Crippen LogP contribution is 2.56. The Morgan fingerprint density at radius 3 is 1.86 bits per heavy atom. The molecule has 3 aromatic rings. The van der Waals surface area contributed by atoms with E-state index >= 15 is 0 Å². The minimum atomic E-state index is -4.75. The number of fused-ring (bicyclic) bond motifs is 2. The van der Waals surface area contributed by atoms with Crippen LogP contribution in [0.3, 0.4) is 0 Å². The van der Waals surface area contributed by atoms with Crippen molar-refractivity contribution in [1.29, 1.82) is 0 Å². The first-order chi connectivity index (χ1) is 20.7. The summed E-state index contributed by atoms with van der Waals surface area (Å²) in [4.78, 5) is 13.7. The topological polar surface area (TPSA) is 112 Å². The van der Waals surface area contributed by atoms with E-state index in [1.54, 1.807) is 13.2 Å². The van der Waals surface area contributed by atoms with Crippen molar-refractivity contribution in [2.75, 3.05) is 34.0 Å². The quantitative estimate of drug-likeness (QED) is 0.189.